The molecule has 0 saturated heterocycles. The molecule has 100 valence electrons. The van der Waals surface area contributed by atoms with E-state index in [4.69, 9.17) is 10.6 Å². The van der Waals surface area contributed by atoms with Crippen molar-refractivity contribution in [3.05, 3.63) is 17.6 Å². The van der Waals surface area contributed by atoms with Crippen molar-refractivity contribution in [1.82, 2.24) is 9.97 Å². The highest BCUT2D eigenvalue weighted by Gasteiger charge is 2.39. The number of ether oxygens (including phenoxy) is 1. The third-order valence-corrected chi connectivity index (χ3v) is 3.76. The van der Waals surface area contributed by atoms with Crippen molar-refractivity contribution < 1.29 is 4.74 Å². The fourth-order valence-electron chi connectivity index (χ4n) is 2.83. The molecule has 1 fully saturated rings. The van der Waals surface area contributed by atoms with Gasteiger partial charge in [-0.05, 0) is 32.1 Å². The number of anilines is 1. The van der Waals surface area contributed by atoms with Gasteiger partial charge < -0.3 is 10.2 Å². The molecule has 5 heteroatoms. The Morgan fingerprint density at radius 3 is 2.89 bits per heavy atom. The molecule has 1 saturated carbocycles. The molecule has 18 heavy (non-hydrogen) atoms. The lowest BCUT2D eigenvalue weighted by Crippen LogP contribution is -2.36. The van der Waals surface area contributed by atoms with Gasteiger partial charge in [-0.2, -0.15) is 0 Å². The Hall–Kier alpha value is -1.20. The van der Waals surface area contributed by atoms with Gasteiger partial charge >= 0.3 is 0 Å². The van der Waals surface area contributed by atoms with Crippen molar-refractivity contribution in [3.8, 4) is 0 Å². The first-order valence-electron chi connectivity index (χ1n) is 6.47. The van der Waals surface area contributed by atoms with Crippen LogP contribution < -0.4 is 11.3 Å². The van der Waals surface area contributed by atoms with Crippen molar-refractivity contribution in [1.29, 1.82) is 0 Å². The Labute approximate surface area is 108 Å². The lowest BCUT2D eigenvalue weighted by molar-refractivity contribution is -0.0646. The zero-order chi connectivity index (χ0) is 13.2. The predicted octanol–water partition coefficient (Wildman–Crippen LogP) is 2.12. The van der Waals surface area contributed by atoms with Gasteiger partial charge in [0.15, 0.2) is 5.82 Å². The van der Waals surface area contributed by atoms with Crippen LogP contribution in [0.2, 0.25) is 0 Å². The molecule has 0 amide bonds. The van der Waals surface area contributed by atoms with Crippen molar-refractivity contribution in [2.75, 3.05) is 12.5 Å². The number of nitrogens with zero attached hydrogens (tertiary/aromatic N) is 2. The van der Waals surface area contributed by atoms with E-state index in [0.29, 0.717) is 11.7 Å². The topological polar surface area (TPSA) is 73.1 Å². The number of nitrogens with one attached hydrogen (secondary N) is 1. The maximum atomic E-state index is 5.80. The molecule has 0 bridgehead atoms. The van der Waals surface area contributed by atoms with Crippen molar-refractivity contribution in [2.24, 2.45) is 11.8 Å². The summed E-state index contributed by atoms with van der Waals surface area (Å²) >= 11 is 0. The lowest BCUT2D eigenvalue weighted by Gasteiger charge is -2.37. The van der Waals surface area contributed by atoms with Crippen LogP contribution in [0.3, 0.4) is 0 Å². The lowest BCUT2D eigenvalue weighted by atomic mass is 9.78. The maximum absolute atomic E-state index is 5.80. The first-order valence-corrected chi connectivity index (χ1v) is 6.47. The van der Waals surface area contributed by atoms with Gasteiger partial charge in [0.25, 0.3) is 0 Å². The number of nitrogen functional groups attached to an aromatic ring is 1. The summed E-state index contributed by atoms with van der Waals surface area (Å²) in [5.41, 5.74) is 3.15. The van der Waals surface area contributed by atoms with E-state index in [9.17, 15) is 0 Å². The average Bonchev–Trinajstić information content (AvgIpc) is 2.37. The minimum Gasteiger partial charge on any atom is -0.370 e. The number of rotatable bonds is 3. The Kier molecular flexibility index (Phi) is 3.82. The zero-order valence-corrected chi connectivity index (χ0v) is 11.4. The summed E-state index contributed by atoms with van der Waals surface area (Å²) in [5, 5.41) is 0. The third-order valence-electron chi connectivity index (χ3n) is 3.76. The Morgan fingerprint density at radius 1 is 1.50 bits per heavy atom. The van der Waals surface area contributed by atoms with Crippen LogP contribution in [0.25, 0.3) is 0 Å². The van der Waals surface area contributed by atoms with Crippen LogP contribution in [0.15, 0.2) is 6.07 Å². The van der Waals surface area contributed by atoms with Crippen molar-refractivity contribution in [2.45, 2.75) is 45.1 Å². The molecule has 1 aliphatic rings. The number of nitrogens with two attached hydrogens (primary N) is 1. The van der Waals surface area contributed by atoms with Gasteiger partial charge in [-0.1, -0.05) is 13.3 Å². The Bertz CT molecular complexity index is 423. The molecular formula is C13H22N4O. The quantitative estimate of drug-likeness (QED) is 0.635. The van der Waals surface area contributed by atoms with Gasteiger partial charge in [0, 0.05) is 18.9 Å². The highest BCUT2D eigenvalue weighted by molar-refractivity contribution is 5.35. The van der Waals surface area contributed by atoms with Crippen LogP contribution >= 0.6 is 0 Å². The van der Waals surface area contributed by atoms with Crippen molar-refractivity contribution >= 4 is 5.82 Å². The van der Waals surface area contributed by atoms with Gasteiger partial charge in [-0.3, -0.25) is 0 Å². The van der Waals surface area contributed by atoms with Gasteiger partial charge in [0.2, 0.25) is 0 Å². The first kappa shape index (κ1) is 13.2. The van der Waals surface area contributed by atoms with E-state index >= 15 is 0 Å². The van der Waals surface area contributed by atoms with E-state index < -0.39 is 0 Å². The summed E-state index contributed by atoms with van der Waals surface area (Å²) in [4.78, 5) is 9.03. The van der Waals surface area contributed by atoms with E-state index in [1.807, 2.05) is 13.0 Å². The second kappa shape index (κ2) is 5.20. The van der Waals surface area contributed by atoms with Gasteiger partial charge in [-0.15, -0.1) is 0 Å². The maximum Gasteiger partial charge on any atom is 0.162 e. The number of aromatic nitrogens is 2. The van der Waals surface area contributed by atoms with Gasteiger partial charge in [0.05, 0.1) is 0 Å². The molecule has 2 unspecified atom stereocenters. The summed E-state index contributed by atoms with van der Waals surface area (Å²) < 4.78 is 5.80. The molecule has 1 aliphatic carbocycles. The standard InChI is InChI=1S/C13H22N4O/c1-9-5-4-6-13(8-9,18-3)12-15-10(2)7-11(16-12)17-14/h7,9H,4-6,8,14H2,1-3H3,(H,15,16,17). The van der Waals surface area contributed by atoms with E-state index in [1.54, 1.807) is 7.11 Å². The third kappa shape index (κ3) is 2.47. The summed E-state index contributed by atoms with van der Waals surface area (Å²) in [7, 11) is 1.75. The molecule has 5 nitrogen and oxygen atoms in total. The number of hydrazine groups is 1. The second-order valence-corrected chi connectivity index (χ2v) is 5.26. The number of methoxy groups -OCH3 is 1. The molecule has 0 aromatic carbocycles. The molecule has 3 N–H and O–H groups in total. The normalized spacial score (nSPS) is 28.1. The summed E-state index contributed by atoms with van der Waals surface area (Å²) in [6.45, 7) is 4.20. The highest BCUT2D eigenvalue weighted by atomic mass is 16.5. The van der Waals surface area contributed by atoms with E-state index in [0.717, 1.165) is 30.8 Å². The Balaban J connectivity index is 2.40. The van der Waals surface area contributed by atoms with Crippen LogP contribution in [0, 0.1) is 12.8 Å². The average molecular weight is 250 g/mol. The second-order valence-electron chi connectivity index (χ2n) is 5.26. The fraction of sp³-hybridized carbons (Fsp3) is 0.692. The fourth-order valence-corrected chi connectivity index (χ4v) is 2.83. The van der Waals surface area contributed by atoms with Crippen LogP contribution in [-0.2, 0) is 10.3 Å². The number of aryl methyl sites for hydroxylation is 1. The Morgan fingerprint density at radius 2 is 2.28 bits per heavy atom. The van der Waals surface area contributed by atoms with E-state index in [1.165, 1.54) is 6.42 Å². The van der Waals surface area contributed by atoms with Gasteiger partial charge in [0.1, 0.15) is 11.4 Å². The molecule has 2 atom stereocenters. The monoisotopic (exact) mass is 250 g/mol. The van der Waals surface area contributed by atoms with Gasteiger partial charge in [-0.25, -0.2) is 15.8 Å². The zero-order valence-electron chi connectivity index (χ0n) is 11.4. The van der Waals surface area contributed by atoms with Crippen LogP contribution in [0.5, 0.6) is 0 Å². The van der Waals surface area contributed by atoms with E-state index in [2.05, 4.69) is 22.3 Å². The van der Waals surface area contributed by atoms with Crippen LogP contribution in [-0.4, -0.2) is 17.1 Å². The minimum absolute atomic E-state index is 0.352. The molecule has 1 aromatic heterocycles. The molecular weight excluding hydrogens is 228 g/mol. The van der Waals surface area contributed by atoms with Crippen molar-refractivity contribution in [3.63, 3.8) is 0 Å². The molecule has 1 heterocycles. The molecule has 2 rings (SSSR count). The summed E-state index contributed by atoms with van der Waals surface area (Å²) in [6, 6.07) is 1.83. The molecule has 0 aliphatic heterocycles. The molecule has 0 spiro atoms. The molecule has 0 radical (unpaired) electrons. The largest absolute Gasteiger partial charge is 0.370 e. The SMILES string of the molecule is COC1(c2nc(C)cc(NN)n2)CCCC(C)C1. The minimum atomic E-state index is -0.352. The van der Waals surface area contributed by atoms with Crippen LogP contribution in [0.4, 0.5) is 5.82 Å². The number of hydrogen-bond acceptors (Lipinski definition) is 5. The van der Waals surface area contributed by atoms with Crippen LogP contribution in [0.1, 0.15) is 44.1 Å². The summed E-state index contributed by atoms with van der Waals surface area (Å²) in [6.07, 6.45) is 4.34. The summed E-state index contributed by atoms with van der Waals surface area (Å²) in [5.74, 6) is 7.48. The first-order chi connectivity index (χ1) is 8.59. The number of hydrogen-bond donors (Lipinski definition) is 2. The predicted molar refractivity (Wildman–Crippen MR) is 70.9 cm³/mol. The smallest absolute Gasteiger partial charge is 0.162 e. The molecule has 1 aromatic rings. The van der Waals surface area contributed by atoms with E-state index in [-0.39, 0.29) is 5.60 Å². The highest BCUT2D eigenvalue weighted by Crippen LogP contribution is 2.41.